The Labute approximate surface area is 226 Å². The number of ether oxygens (including phenoxy) is 1. The van der Waals surface area contributed by atoms with E-state index >= 15 is 0 Å². The molecule has 0 aliphatic heterocycles. The molecule has 0 radical (unpaired) electrons. The number of unbranched alkanes of at least 4 members (excludes halogenated alkanes) is 3. The van der Waals surface area contributed by atoms with Gasteiger partial charge in [-0.25, -0.2) is 9.86 Å². The second kappa shape index (κ2) is 15.4. The van der Waals surface area contributed by atoms with Crippen LogP contribution in [-0.2, 0) is 9.59 Å². The molecule has 0 aliphatic carbocycles. The van der Waals surface area contributed by atoms with E-state index in [1.165, 1.54) is 24.3 Å². The van der Waals surface area contributed by atoms with Gasteiger partial charge < -0.3 is 30.0 Å². The Morgan fingerprint density at radius 1 is 1.10 bits per heavy atom. The van der Waals surface area contributed by atoms with Crippen molar-refractivity contribution in [3.05, 3.63) is 35.6 Å². The van der Waals surface area contributed by atoms with Crippen LogP contribution in [0.4, 0.5) is 0 Å². The number of rotatable bonds is 17. The van der Waals surface area contributed by atoms with E-state index in [0.29, 0.717) is 17.9 Å². The molecule has 214 valence electrons. The minimum atomic E-state index is -1.36. The normalized spacial score (nSPS) is 12.3. The fourth-order valence-corrected chi connectivity index (χ4v) is 4.27. The topological polar surface area (TPSA) is 179 Å². The summed E-state index contributed by atoms with van der Waals surface area (Å²) in [5.41, 5.74) is -0.349. The van der Waals surface area contributed by atoms with Gasteiger partial charge in [0, 0.05) is 0 Å². The van der Waals surface area contributed by atoms with Crippen LogP contribution in [0.2, 0.25) is 0 Å². The highest BCUT2D eigenvalue weighted by Crippen LogP contribution is 2.37. The van der Waals surface area contributed by atoms with Crippen LogP contribution < -0.4 is 15.4 Å². The van der Waals surface area contributed by atoms with E-state index in [1.807, 2.05) is 0 Å². The van der Waals surface area contributed by atoms with Gasteiger partial charge >= 0.3 is 5.97 Å². The molecule has 0 fully saturated rings. The van der Waals surface area contributed by atoms with Crippen LogP contribution in [0.25, 0.3) is 11.3 Å². The molecule has 3 amide bonds. The highest BCUT2D eigenvalue weighted by Gasteiger charge is 2.30. The summed E-state index contributed by atoms with van der Waals surface area (Å²) in [6.45, 7) is 5.59. The van der Waals surface area contributed by atoms with Crippen molar-refractivity contribution in [3.8, 4) is 22.8 Å². The number of aromatic carboxylic acids is 1. The second-order valence-electron chi connectivity index (χ2n) is 8.91. The molecule has 0 unspecified atom stereocenters. The predicted octanol–water partition coefficient (Wildman–Crippen LogP) is 3.77. The van der Waals surface area contributed by atoms with E-state index in [2.05, 4.69) is 17.6 Å². The zero-order valence-corrected chi connectivity index (χ0v) is 22.4. The van der Waals surface area contributed by atoms with Crippen molar-refractivity contribution in [1.29, 1.82) is 0 Å². The van der Waals surface area contributed by atoms with Crippen LogP contribution in [0.15, 0.2) is 28.7 Å². The van der Waals surface area contributed by atoms with Crippen LogP contribution in [-0.4, -0.2) is 64.0 Å². The number of hydroxylamine groups is 2. The first-order valence-electron chi connectivity index (χ1n) is 13.0. The van der Waals surface area contributed by atoms with Gasteiger partial charge in [-0.3, -0.25) is 19.6 Å². The van der Waals surface area contributed by atoms with Crippen molar-refractivity contribution in [2.24, 2.45) is 5.92 Å². The summed E-state index contributed by atoms with van der Waals surface area (Å²) in [7, 11) is 0. The van der Waals surface area contributed by atoms with Gasteiger partial charge in [-0.1, -0.05) is 39.5 Å². The van der Waals surface area contributed by atoms with Crippen molar-refractivity contribution in [2.75, 3.05) is 13.3 Å². The Balaban J connectivity index is 2.09. The molecule has 12 nitrogen and oxygen atoms in total. The van der Waals surface area contributed by atoms with Gasteiger partial charge in [0.25, 0.3) is 5.91 Å². The molecule has 0 bridgehead atoms. The number of aromatic hydroxyl groups is 1. The number of carboxylic acids is 1. The maximum absolute atomic E-state index is 12.9. The molecule has 39 heavy (non-hydrogen) atoms. The molecule has 1 aromatic heterocycles. The smallest absolute Gasteiger partial charge is 0.339 e. The number of nitrogens with zero attached hydrogens (tertiary/aromatic N) is 1. The third-order valence-corrected chi connectivity index (χ3v) is 6.27. The summed E-state index contributed by atoms with van der Waals surface area (Å²) in [6.07, 6.45) is 4.80. The van der Waals surface area contributed by atoms with Crippen molar-refractivity contribution < 1.29 is 43.8 Å². The number of phenols is 1. The van der Waals surface area contributed by atoms with Crippen molar-refractivity contribution in [3.63, 3.8) is 0 Å². The number of amides is 3. The molecule has 2 aromatic rings. The third kappa shape index (κ3) is 8.47. The number of benzene rings is 1. The minimum absolute atomic E-state index is 0.0333. The van der Waals surface area contributed by atoms with Crippen LogP contribution >= 0.6 is 0 Å². The third-order valence-electron chi connectivity index (χ3n) is 6.27. The fourth-order valence-electron chi connectivity index (χ4n) is 4.27. The molecule has 12 heteroatoms. The van der Waals surface area contributed by atoms with Gasteiger partial charge in [-0.05, 0) is 44.0 Å². The van der Waals surface area contributed by atoms with E-state index in [4.69, 9.17) is 9.15 Å². The lowest BCUT2D eigenvalue weighted by Crippen LogP contribution is -2.47. The van der Waals surface area contributed by atoms with Gasteiger partial charge in [0.15, 0.2) is 5.76 Å². The first-order valence-corrected chi connectivity index (χ1v) is 13.0. The lowest BCUT2D eigenvalue weighted by molar-refractivity contribution is -0.168. The SMILES string of the molecule is CCCCCC[C@@H](C(=O)NCNC(=O)c1ccc(-c2cc(OCC)cc(C(=O)O)c2O)o1)[C@@H](CC)N(O)C=O. The van der Waals surface area contributed by atoms with Crippen molar-refractivity contribution in [1.82, 2.24) is 15.7 Å². The Bertz CT molecular complexity index is 1130. The number of hydrogen-bond acceptors (Lipinski definition) is 8. The first-order chi connectivity index (χ1) is 18.7. The number of carboxylic acid groups (broad SMARTS) is 1. The Kier molecular flexibility index (Phi) is 12.3. The molecule has 0 aliphatic rings. The largest absolute Gasteiger partial charge is 0.506 e. The molecule has 0 saturated carbocycles. The molecule has 0 spiro atoms. The maximum Gasteiger partial charge on any atom is 0.339 e. The first kappa shape index (κ1) is 31.2. The molecular formula is C27H37N3O9. The van der Waals surface area contributed by atoms with Crippen LogP contribution in [0.3, 0.4) is 0 Å². The molecule has 1 aromatic carbocycles. The number of nitrogens with one attached hydrogen (secondary N) is 2. The number of furan rings is 1. The van der Waals surface area contributed by atoms with Crippen LogP contribution in [0.1, 0.15) is 80.2 Å². The maximum atomic E-state index is 12.9. The molecule has 2 atom stereocenters. The number of carbonyl (C=O) groups excluding carboxylic acids is 3. The van der Waals surface area contributed by atoms with E-state index in [0.717, 1.165) is 25.7 Å². The zero-order valence-electron chi connectivity index (χ0n) is 22.4. The molecular weight excluding hydrogens is 510 g/mol. The zero-order chi connectivity index (χ0) is 28.9. The minimum Gasteiger partial charge on any atom is -0.506 e. The van der Waals surface area contributed by atoms with Gasteiger partial charge in [0.1, 0.15) is 22.8 Å². The Morgan fingerprint density at radius 3 is 2.46 bits per heavy atom. The Morgan fingerprint density at radius 2 is 1.85 bits per heavy atom. The lowest BCUT2D eigenvalue weighted by atomic mass is 9.90. The highest BCUT2D eigenvalue weighted by molar-refractivity contribution is 5.95. The van der Waals surface area contributed by atoms with Crippen LogP contribution in [0, 0.1) is 5.92 Å². The summed E-state index contributed by atoms with van der Waals surface area (Å²) < 4.78 is 10.9. The van der Waals surface area contributed by atoms with E-state index in [9.17, 15) is 34.6 Å². The number of carbonyl (C=O) groups is 4. The highest BCUT2D eigenvalue weighted by atomic mass is 16.5. The van der Waals surface area contributed by atoms with Gasteiger partial charge in [-0.15, -0.1) is 0 Å². The standard InChI is InChI=1S/C27H37N3O9/c1-4-7-8-9-10-18(21(5-2)30(37)16-31)25(33)28-15-29-26(34)23-12-11-22(39-23)19-13-17(38-6-3)14-20(24(19)32)27(35)36/h11-14,16,18,21,32,37H,4-10,15H2,1-3H3,(H,28,33)(H,29,34)(H,35,36)/t18-,21-/m1/s1. The summed E-state index contributed by atoms with van der Waals surface area (Å²) in [6, 6.07) is 4.63. The molecule has 2 rings (SSSR count). The summed E-state index contributed by atoms with van der Waals surface area (Å²) in [5.74, 6) is -3.54. The van der Waals surface area contributed by atoms with Gasteiger partial charge in [-0.2, -0.15) is 0 Å². The average molecular weight is 548 g/mol. The predicted molar refractivity (Wildman–Crippen MR) is 140 cm³/mol. The van der Waals surface area contributed by atoms with Gasteiger partial charge in [0.05, 0.1) is 30.8 Å². The van der Waals surface area contributed by atoms with Crippen LogP contribution in [0.5, 0.6) is 11.5 Å². The van der Waals surface area contributed by atoms with E-state index in [-0.39, 0.29) is 48.1 Å². The fraction of sp³-hybridized carbons (Fsp3) is 0.481. The van der Waals surface area contributed by atoms with Crippen molar-refractivity contribution in [2.45, 2.75) is 65.3 Å². The van der Waals surface area contributed by atoms with E-state index < -0.39 is 35.5 Å². The lowest BCUT2D eigenvalue weighted by Gasteiger charge is -2.29. The summed E-state index contributed by atoms with van der Waals surface area (Å²) in [4.78, 5) is 48.2. The van der Waals surface area contributed by atoms with Crippen molar-refractivity contribution >= 4 is 24.2 Å². The summed E-state index contributed by atoms with van der Waals surface area (Å²) >= 11 is 0. The monoisotopic (exact) mass is 547 g/mol. The molecule has 5 N–H and O–H groups in total. The molecule has 0 saturated heterocycles. The second-order valence-corrected chi connectivity index (χ2v) is 8.91. The van der Waals surface area contributed by atoms with E-state index in [1.54, 1.807) is 13.8 Å². The molecule has 1 heterocycles. The Hall–Kier alpha value is -4.06. The summed E-state index contributed by atoms with van der Waals surface area (Å²) in [5, 5.41) is 35.4. The average Bonchev–Trinajstić information content (AvgIpc) is 3.41. The van der Waals surface area contributed by atoms with Gasteiger partial charge in [0.2, 0.25) is 12.3 Å². The number of hydrogen-bond donors (Lipinski definition) is 5. The quantitative estimate of drug-likeness (QED) is 0.0648.